The molecule has 2 fully saturated rings. The number of hydrogen-bond acceptors (Lipinski definition) is 5. The van der Waals surface area contributed by atoms with Crippen molar-refractivity contribution in [1.82, 2.24) is 14.2 Å². The second kappa shape index (κ2) is 7.67. The van der Waals surface area contributed by atoms with Crippen LogP contribution < -0.4 is 0 Å². The Hall–Kier alpha value is -2.45. The number of carbonyl (C=O) groups excluding carboxylic acids is 1. The maximum atomic E-state index is 13.3. The predicted molar refractivity (Wildman–Crippen MR) is 113 cm³/mol. The summed E-state index contributed by atoms with van der Waals surface area (Å²) in [5.41, 5.74) is 1.28. The number of pyridine rings is 1. The second-order valence-corrected chi connectivity index (χ2v) is 10.8. The van der Waals surface area contributed by atoms with Crippen LogP contribution in [0.2, 0.25) is 0 Å². The van der Waals surface area contributed by atoms with E-state index in [9.17, 15) is 13.2 Å². The molecular formula is C22H27N3O4S. The number of rotatable bonds is 3. The standard InChI is InChI=1S/C22H27N3O4S/c1-22(2,3)29-21(26)24-14-18-10-12-25(20(18)15-24)30(27,28)19-8-6-16(7-9-19)17-5-4-11-23-13-17/h4-9,11,13,18,20H,10,12,14-15H2,1-3H3. The van der Waals surface area contributed by atoms with Crippen molar-refractivity contribution in [2.75, 3.05) is 19.6 Å². The Balaban J connectivity index is 1.50. The van der Waals surface area contributed by atoms with Crippen molar-refractivity contribution < 1.29 is 17.9 Å². The number of sulfonamides is 1. The van der Waals surface area contributed by atoms with Crippen molar-refractivity contribution in [3.8, 4) is 11.1 Å². The van der Waals surface area contributed by atoms with Crippen LogP contribution in [0.5, 0.6) is 0 Å². The Labute approximate surface area is 177 Å². The van der Waals surface area contributed by atoms with E-state index in [1.54, 1.807) is 45.9 Å². The van der Waals surface area contributed by atoms with Gasteiger partial charge in [0.25, 0.3) is 0 Å². The highest BCUT2D eigenvalue weighted by Gasteiger charge is 2.48. The molecule has 2 saturated heterocycles. The molecule has 2 aliphatic heterocycles. The molecule has 0 radical (unpaired) electrons. The number of ether oxygens (including phenoxy) is 1. The molecule has 30 heavy (non-hydrogen) atoms. The summed E-state index contributed by atoms with van der Waals surface area (Å²) < 4.78 is 33.6. The molecule has 8 heteroatoms. The minimum atomic E-state index is -3.64. The average Bonchev–Trinajstić information content (AvgIpc) is 3.28. The van der Waals surface area contributed by atoms with Crippen molar-refractivity contribution in [3.63, 3.8) is 0 Å². The van der Waals surface area contributed by atoms with Crippen LogP contribution >= 0.6 is 0 Å². The fourth-order valence-electron chi connectivity index (χ4n) is 4.19. The van der Waals surface area contributed by atoms with Gasteiger partial charge >= 0.3 is 6.09 Å². The van der Waals surface area contributed by atoms with Crippen LogP contribution in [-0.4, -0.2) is 60.0 Å². The Bertz CT molecular complexity index is 1020. The zero-order chi connectivity index (χ0) is 21.5. The molecule has 0 N–H and O–H groups in total. The lowest BCUT2D eigenvalue weighted by molar-refractivity contribution is 0.0278. The fourth-order valence-corrected chi connectivity index (χ4v) is 5.88. The minimum absolute atomic E-state index is 0.141. The van der Waals surface area contributed by atoms with Crippen molar-refractivity contribution in [3.05, 3.63) is 48.8 Å². The van der Waals surface area contributed by atoms with Crippen molar-refractivity contribution in [2.24, 2.45) is 5.92 Å². The van der Waals surface area contributed by atoms with Gasteiger partial charge in [-0.15, -0.1) is 0 Å². The first-order chi connectivity index (χ1) is 14.1. The zero-order valence-corrected chi connectivity index (χ0v) is 18.3. The highest BCUT2D eigenvalue weighted by Crippen LogP contribution is 2.36. The third kappa shape index (κ3) is 4.06. The lowest BCUT2D eigenvalue weighted by atomic mass is 10.1. The monoisotopic (exact) mass is 429 g/mol. The Morgan fingerprint density at radius 3 is 2.47 bits per heavy atom. The summed E-state index contributed by atoms with van der Waals surface area (Å²) >= 11 is 0. The number of amides is 1. The molecule has 3 heterocycles. The molecule has 2 aromatic rings. The number of carbonyl (C=O) groups is 1. The number of hydrogen-bond donors (Lipinski definition) is 0. The third-order valence-corrected chi connectivity index (χ3v) is 7.54. The molecule has 4 rings (SSSR count). The minimum Gasteiger partial charge on any atom is -0.444 e. The van der Waals surface area contributed by atoms with Gasteiger partial charge in [-0.1, -0.05) is 18.2 Å². The SMILES string of the molecule is CC(C)(C)OC(=O)N1CC2CCN(S(=O)(=O)c3ccc(-c4cccnc4)cc3)C2C1. The van der Waals surface area contributed by atoms with E-state index >= 15 is 0 Å². The van der Waals surface area contributed by atoms with Crippen LogP contribution in [0.25, 0.3) is 11.1 Å². The van der Waals surface area contributed by atoms with E-state index in [1.807, 2.05) is 32.9 Å². The smallest absolute Gasteiger partial charge is 0.410 e. The van der Waals surface area contributed by atoms with Crippen LogP contribution in [0.4, 0.5) is 4.79 Å². The molecule has 1 aromatic heterocycles. The summed E-state index contributed by atoms with van der Waals surface area (Å²) in [6.07, 6.45) is 3.82. The quantitative estimate of drug-likeness (QED) is 0.747. The van der Waals surface area contributed by atoms with E-state index in [4.69, 9.17) is 4.74 Å². The van der Waals surface area contributed by atoms with Gasteiger partial charge in [-0.2, -0.15) is 4.31 Å². The number of aromatic nitrogens is 1. The van der Waals surface area contributed by atoms with Crippen LogP contribution in [0.1, 0.15) is 27.2 Å². The molecule has 0 aliphatic carbocycles. The molecule has 1 amide bonds. The summed E-state index contributed by atoms with van der Waals surface area (Å²) in [4.78, 5) is 18.4. The summed E-state index contributed by atoms with van der Waals surface area (Å²) in [6.45, 7) is 6.86. The number of fused-ring (bicyclic) bond motifs is 1. The molecule has 7 nitrogen and oxygen atoms in total. The van der Waals surface area contributed by atoms with Gasteiger partial charge in [0.05, 0.1) is 4.90 Å². The van der Waals surface area contributed by atoms with Crippen LogP contribution in [0.3, 0.4) is 0 Å². The Kier molecular flexibility index (Phi) is 5.32. The fraction of sp³-hybridized carbons (Fsp3) is 0.455. The number of nitrogens with zero attached hydrogens (tertiary/aromatic N) is 3. The highest BCUT2D eigenvalue weighted by molar-refractivity contribution is 7.89. The molecule has 0 spiro atoms. The van der Waals surface area contributed by atoms with Gasteiger partial charge in [0, 0.05) is 38.1 Å². The summed E-state index contributed by atoms with van der Waals surface area (Å²) in [6, 6.07) is 10.5. The van der Waals surface area contributed by atoms with E-state index < -0.39 is 15.6 Å². The highest BCUT2D eigenvalue weighted by atomic mass is 32.2. The van der Waals surface area contributed by atoms with E-state index in [1.165, 1.54) is 0 Å². The largest absolute Gasteiger partial charge is 0.444 e. The van der Waals surface area contributed by atoms with Gasteiger partial charge in [0.15, 0.2) is 0 Å². The third-order valence-electron chi connectivity index (χ3n) is 5.60. The zero-order valence-electron chi connectivity index (χ0n) is 17.5. The number of benzene rings is 1. The predicted octanol–water partition coefficient (Wildman–Crippen LogP) is 3.38. The topological polar surface area (TPSA) is 79.8 Å². The van der Waals surface area contributed by atoms with Crippen LogP contribution in [0, 0.1) is 5.92 Å². The van der Waals surface area contributed by atoms with Gasteiger partial charge in [0.1, 0.15) is 5.60 Å². The van der Waals surface area contributed by atoms with Gasteiger partial charge in [-0.05, 0) is 62.4 Å². The molecule has 2 atom stereocenters. The van der Waals surface area contributed by atoms with E-state index in [-0.39, 0.29) is 22.9 Å². The van der Waals surface area contributed by atoms with Crippen molar-refractivity contribution in [2.45, 2.75) is 43.7 Å². The molecule has 0 bridgehead atoms. The van der Waals surface area contributed by atoms with Crippen molar-refractivity contribution >= 4 is 16.1 Å². The first-order valence-corrected chi connectivity index (χ1v) is 11.6. The first kappa shape index (κ1) is 20.8. The molecule has 160 valence electrons. The van der Waals surface area contributed by atoms with Gasteiger partial charge in [-0.3, -0.25) is 4.98 Å². The van der Waals surface area contributed by atoms with E-state index in [0.717, 1.165) is 17.5 Å². The van der Waals surface area contributed by atoms with Crippen molar-refractivity contribution in [1.29, 1.82) is 0 Å². The van der Waals surface area contributed by atoms with E-state index in [2.05, 4.69) is 4.98 Å². The number of likely N-dealkylation sites (tertiary alicyclic amines) is 1. The second-order valence-electron chi connectivity index (χ2n) is 8.88. The van der Waals surface area contributed by atoms with Crippen LogP contribution in [0.15, 0.2) is 53.7 Å². The van der Waals surface area contributed by atoms with Gasteiger partial charge in [-0.25, -0.2) is 13.2 Å². The summed E-state index contributed by atoms with van der Waals surface area (Å²) in [5, 5.41) is 0. The molecular weight excluding hydrogens is 402 g/mol. The first-order valence-electron chi connectivity index (χ1n) is 10.2. The van der Waals surface area contributed by atoms with Gasteiger partial charge in [0.2, 0.25) is 10.0 Å². The van der Waals surface area contributed by atoms with Crippen LogP contribution in [-0.2, 0) is 14.8 Å². The summed E-state index contributed by atoms with van der Waals surface area (Å²) in [7, 11) is -3.64. The molecule has 1 aromatic carbocycles. The molecule has 2 unspecified atom stereocenters. The summed E-state index contributed by atoms with van der Waals surface area (Å²) in [5.74, 6) is 0.141. The lowest BCUT2D eigenvalue weighted by Gasteiger charge is -2.26. The molecule has 2 aliphatic rings. The molecule has 0 saturated carbocycles. The maximum Gasteiger partial charge on any atom is 0.410 e. The van der Waals surface area contributed by atoms with E-state index in [0.29, 0.717) is 19.6 Å². The van der Waals surface area contributed by atoms with Gasteiger partial charge < -0.3 is 9.64 Å². The maximum absolute atomic E-state index is 13.3. The average molecular weight is 430 g/mol. The normalized spacial score (nSPS) is 22.2. The Morgan fingerprint density at radius 2 is 1.83 bits per heavy atom. The lowest BCUT2D eigenvalue weighted by Crippen LogP contribution is -2.41. The Morgan fingerprint density at radius 1 is 1.10 bits per heavy atom.